The molecule has 4 aromatic rings. The number of aryl methyl sites for hydroxylation is 1. The third-order valence-corrected chi connectivity index (χ3v) is 4.57. The van der Waals surface area contributed by atoms with Crippen molar-refractivity contribution in [1.82, 2.24) is 20.2 Å². The van der Waals surface area contributed by atoms with Crippen molar-refractivity contribution in [2.75, 3.05) is 0 Å². The van der Waals surface area contributed by atoms with E-state index in [9.17, 15) is 0 Å². The van der Waals surface area contributed by atoms with Gasteiger partial charge in [-0.1, -0.05) is 18.2 Å². The minimum atomic E-state index is 0.986. The number of nitrogens with zero attached hydrogens (tertiary/aromatic N) is 3. The fraction of sp³-hybridized carbons (Fsp3) is 0.0625. The Balaban J connectivity index is 1.91. The molecule has 1 N–H and O–H groups in total. The number of nitrogens with one attached hydrogen (secondary N) is 1. The van der Waals surface area contributed by atoms with Gasteiger partial charge in [-0.15, -0.1) is 11.3 Å². The highest BCUT2D eigenvalue weighted by molar-refractivity contribution is 7.17. The van der Waals surface area contributed by atoms with Gasteiger partial charge < -0.3 is 0 Å². The molecule has 0 radical (unpaired) electrons. The van der Waals surface area contributed by atoms with Crippen molar-refractivity contribution in [3.8, 4) is 22.5 Å². The number of fused-ring (bicyclic) bond motifs is 1. The molecule has 0 saturated heterocycles. The van der Waals surface area contributed by atoms with Crippen LogP contribution in [0.3, 0.4) is 0 Å². The maximum absolute atomic E-state index is 4.49. The molecule has 102 valence electrons. The summed E-state index contributed by atoms with van der Waals surface area (Å²) < 4.78 is 1.14. The largest absolute Gasteiger partial charge is 0.278 e. The van der Waals surface area contributed by atoms with Crippen molar-refractivity contribution in [2.45, 2.75) is 6.92 Å². The van der Waals surface area contributed by atoms with E-state index < -0.39 is 0 Å². The summed E-state index contributed by atoms with van der Waals surface area (Å²) in [6, 6.07) is 10.3. The van der Waals surface area contributed by atoms with Crippen LogP contribution in [0.5, 0.6) is 0 Å². The van der Waals surface area contributed by atoms with Crippen LogP contribution in [-0.4, -0.2) is 20.2 Å². The Labute approximate surface area is 125 Å². The molecule has 0 aliphatic carbocycles. The SMILES string of the molecule is Cc1csc2c(-c3cccc(-c4ccn[nH]4)c3)ncnc12. The summed E-state index contributed by atoms with van der Waals surface area (Å²) in [7, 11) is 0. The monoisotopic (exact) mass is 292 g/mol. The Morgan fingerprint density at radius 1 is 1.10 bits per heavy atom. The normalized spacial score (nSPS) is 11.1. The highest BCUT2D eigenvalue weighted by atomic mass is 32.1. The molecule has 0 saturated carbocycles. The van der Waals surface area contributed by atoms with Gasteiger partial charge in [0.05, 0.1) is 21.6 Å². The zero-order valence-corrected chi connectivity index (χ0v) is 12.2. The van der Waals surface area contributed by atoms with Gasteiger partial charge in [0.2, 0.25) is 0 Å². The van der Waals surface area contributed by atoms with Crippen LogP contribution in [0.4, 0.5) is 0 Å². The first kappa shape index (κ1) is 12.2. The summed E-state index contributed by atoms with van der Waals surface area (Å²) in [4.78, 5) is 8.87. The van der Waals surface area contributed by atoms with Crippen molar-refractivity contribution in [1.29, 1.82) is 0 Å². The van der Waals surface area contributed by atoms with Crippen LogP contribution in [0.15, 0.2) is 48.2 Å². The molecule has 0 bridgehead atoms. The van der Waals surface area contributed by atoms with E-state index in [2.05, 4.69) is 50.7 Å². The van der Waals surface area contributed by atoms with Crippen LogP contribution in [0.1, 0.15) is 5.56 Å². The van der Waals surface area contributed by atoms with Crippen LogP contribution in [0.2, 0.25) is 0 Å². The van der Waals surface area contributed by atoms with Gasteiger partial charge in [0.15, 0.2) is 0 Å². The molecular formula is C16H12N4S. The summed E-state index contributed by atoms with van der Waals surface area (Å²) in [6.45, 7) is 2.08. The molecule has 1 aromatic carbocycles. The molecule has 4 nitrogen and oxygen atoms in total. The molecule has 5 heteroatoms. The number of hydrogen-bond acceptors (Lipinski definition) is 4. The molecule has 0 fully saturated rings. The maximum atomic E-state index is 4.49. The minimum Gasteiger partial charge on any atom is -0.278 e. The Hall–Kier alpha value is -2.53. The van der Waals surface area contributed by atoms with E-state index in [0.717, 1.165) is 32.7 Å². The first-order valence-corrected chi connectivity index (χ1v) is 7.50. The van der Waals surface area contributed by atoms with Gasteiger partial charge >= 0.3 is 0 Å². The summed E-state index contributed by atoms with van der Waals surface area (Å²) in [6.07, 6.45) is 3.40. The van der Waals surface area contributed by atoms with Crippen molar-refractivity contribution in [3.05, 3.63) is 53.8 Å². The molecule has 3 aromatic heterocycles. The van der Waals surface area contributed by atoms with Gasteiger partial charge in [-0.3, -0.25) is 5.10 Å². The summed E-state index contributed by atoms with van der Waals surface area (Å²) in [5.41, 5.74) is 6.42. The molecule has 4 rings (SSSR count). The molecule has 21 heavy (non-hydrogen) atoms. The minimum absolute atomic E-state index is 0.986. The smallest absolute Gasteiger partial charge is 0.116 e. The second-order valence-electron chi connectivity index (χ2n) is 4.87. The molecular weight excluding hydrogens is 280 g/mol. The highest BCUT2D eigenvalue weighted by Crippen LogP contribution is 2.33. The third kappa shape index (κ3) is 2.02. The van der Waals surface area contributed by atoms with E-state index >= 15 is 0 Å². The fourth-order valence-electron chi connectivity index (χ4n) is 2.43. The number of H-pyrrole nitrogens is 1. The molecule has 0 atom stereocenters. The van der Waals surface area contributed by atoms with E-state index in [4.69, 9.17) is 0 Å². The first-order chi connectivity index (χ1) is 10.3. The van der Waals surface area contributed by atoms with Crippen LogP contribution < -0.4 is 0 Å². The summed E-state index contributed by atoms with van der Waals surface area (Å²) >= 11 is 1.69. The summed E-state index contributed by atoms with van der Waals surface area (Å²) in [5, 5.41) is 9.13. The topological polar surface area (TPSA) is 54.5 Å². The highest BCUT2D eigenvalue weighted by Gasteiger charge is 2.11. The average molecular weight is 292 g/mol. The lowest BCUT2D eigenvalue weighted by molar-refractivity contribution is 1.10. The van der Waals surface area contributed by atoms with Crippen LogP contribution in [0, 0.1) is 6.92 Å². The lowest BCUT2D eigenvalue weighted by atomic mass is 10.1. The van der Waals surface area contributed by atoms with Gasteiger partial charge in [-0.05, 0) is 30.0 Å². The molecule has 0 aliphatic rings. The molecule has 3 heterocycles. The predicted molar refractivity (Wildman–Crippen MR) is 85.2 cm³/mol. The molecule has 0 aliphatic heterocycles. The second-order valence-corrected chi connectivity index (χ2v) is 5.75. The van der Waals surface area contributed by atoms with Crippen molar-refractivity contribution in [2.24, 2.45) is 0 Å². The molecule has 0 unspecified atom stereocenters. The third-order valence-electron chi connectivity index (χ3n) is 3.48. The Morgan fingerprint density at radius 2 is 2.00 bits per heavy atom. The van der Waals surface area contributed by atoms with E-state index in [1.165, 1.54) is 5.56 Å². The van der Waals surface area contributed by atoms with E-state index in [1.54, 1.807) is 23.9 Å². The van der Waals surface area contributed by atoms with E-state index in [-0.39, 0.29) is 0 Å². The maximum Gasteiger partial charge on any atom is 0.116 e. The Bertz CT molecular complexity index is 909. The van der Waals surface area contributed by atoms with Gasteiger partial charge in [-0.25, -0.2) is 9.97 Å². The number of hydrogen-bond donors (Lipinski definition) is 1. The molecule has 0 amide bonds. The fourth-order valence-corrected chi connectivity index (χ4v) is 3.44. The number of rotatable bonds is 2. The molecule has 0 spiro atoms. The number of benzene rings is 1. The second kappa shape index (κ2) is 4.79. The van der Waals surface area contributed by atoms with Gasteiger partial charge in [0.25, 0.3) is 0 Å². The number of aromatic amines is 1. The van der Waals surface area contributed by atoms with E-state index in [1.807, 2.05) is 12.1 Å². The standard InChI is InChI=1S/C16H12N4S/c1-10-8-21-16-14(10)17-9-18-15(16)12-4-2-3-11(7-12)13-5-6-19-20-13/h2-9H,1H3,(H,19,20). The van der Waals surface area contributed by atoms with Gasteiger partial charge in [0.1, 0.15) is 6.33 Å². The quantitative estimate of drug-likeness (QED) is 0.606. The van der Waals surface area contributed by atoms with Crippen molar-refractivity contribution < 1.29 is 0 Å². The number of thiophene rings is 1. The Morgan fingerprint density at radius 3 is 2.86 bits per heavy atom. The average Bonchev–Trinajstić information content (AvgIpc) is 3.18. The van der Waals surface area contributed by atoms with Crippen LogP contribution >= 0.6 is 11.3 Å². The lowest BCUT2D eigenvalue weighted by Gasteiger charge is -2.04. The summed E-state index contributed by atoms with van der Waals surface area (Å²) in [5.74, 6) is 0. The number of aromatic nitrogens is 4. The van der Waals surface area contributed by atoms with Crippen molar-refractivity contribution in [3.63, 3.8) is 0 Å². The first-order valence-electron chi connectivity index (χ1n) is 6.62. The van der Waals surface area contributed by atoms with Gasteiger partial charge in [-0.2, -0.15) is 5.10 Å². The predicted octanol–water partition coefficient (Wildman–Crippen LogP) is 4.06. The van der Waals surface area contributed by atoms with Crippen LogP contribution in [-0.2, 0) is 0 Å². The van der Waals surface area contributed by atoms with Gasteiger partial charge in [0, 0.05) is 17.3 Å². The lowest BCUT2D eigenvalue weighted by Crippen LogP contribution is -1.87. The van der Waals surface area contributed by atoms with Crippen LogP contribution in [0.25, 0.3) is 32.7 Å². The van der Waals surface area contributed by atoms with E-state index in [0.29, 0.717) is 0 Å². The zero-order chi connectivity index (χ0) is 14.2. The zero-order valence-electron chi connectivity index (χ0n) is 11.4. The Kier molecular flexibility index (Phi) is 2.79. The van der Waals surface area contributed by atoms with Crippen molar-refractivity contribution >= 4 is 21.6 Å².